The van der Waals surface area contributed by atoms with Crippen molar-refractivity contribution in [3.8, 4) is 0 Å². The van der Waals surface area contributed by atoms with Gasteiger partial charge in [0.05, 0.1) is 0 Å². The van der Waals surface area contributed by atoms with Crippen molar-refractivity contribution in [2.24, 2.45) is 22.4 Å². The van der Waals surface area contributed by atoms with Crippen LogP contribution >= 0.6 is 0 Å². The minimum atomic E-state index is -1.19. The summed E-state index contributed by atoms with van der Waals surface area (Å²) < 4.78 is 5.25. The fourth-order valence-electron chi connectivity index (χ4n) is 3.92. The van der Waals surface area contributed by atoms with E-state index >= 15 is 0 Å². The number of amides is 3. The number of carboxylic acids is 1. The predicted octanol–water partition coefficient (Wildman–Crippen LogP) is 0.551. The average Bonchev–Trinajstić information content (AvgIpc) is 3.33. The molecule has 3 amide bonds. The third-order valence-electron chi connectivity index (χ3n) is 5.82. The first kappa shape index (κ1) is 28.4. The van der Waals surface area contributed by atoms with E-state index in [4.69, 9.17) is 16.2 Å². The van der Waals surface area contributed by atoms with Crippen LogP contribution < -0.4 is 22.1 Å². The van der Waals surface area contributed by atoms with Gasteiger partial charge in [-0.1, -0.05) is 44.2 Å². The van der Waals surface area contributed by atoms with Gasteiger partial charge in [-0.2, -0.15) is 0 Å². The molecule has 0 bridgehead atoms. The number of benzene rings is 1. The smallest absolute Gasteiger partial charge is 0.408 e. The second kappa shape index (κ2) is 13.9. The number of nitrogens with zero attached hydrogens (tertiary/aromatic N) is 2. The van der Waals surface area contributed by atoms with Crippen molar-refractivity contribution in [1.82, 2.24) is 15.5 Å². The Balaban J connectivity index is 1.99. The predicted molar refractivity (Wildman–Crippen MR) is 133 cm³/mol. The lowest BCUT2D eigenvalue weighted by atomic mass is 10.0. The van der Waals surface area contributed by atoms with Gasteiger partial charge >= 0.3 is 12.1 Å². The standard InChI is InChI=1S/C24H36N6O6/c1-15(2)19(29-24(35)36-14-16-8-4-3-5-9-16)21(32)30-13-7-11-18(30)20(31)28-17(22(33)34)10-6-12-27-23(25)26/h3-5,8-9,15,17-19H,6-7,10-14H2,1-2H3,(H,28,31)(H,29,35)(H,33,34)(H4,25,26,27)/t17-,18-,19-/m0/s1. The SMILES string of the molecule is CC(C)[C@H](NC(=O)OCc1ccccc1)C(=O)N1CCC[C@H]1C(=O)N[C@@H](CCCN=C(N)N)C(=O)O. The highest BCUT2D eigenvalue weighted by Gasteiger charge is 2.39. The molecular formula is C24H36N6O6. The summed E-state index contributed by atoms with van der Waals surface area (Å²) in [5, 5.41) is 14.6. The second-order valence-corrected chi connectivity index (χ2v) is 8.97. The number of alkyl carbamates (subject to hydrolysis) is 1. The van der Waals surface area contributed by atoms with Gasteiger partial charge in [-0.05, 0) is 37.2 Å². The number of carbonyl (C=O) groups is 4. The van der Waals surface area contributed by atoms with Crippen molar-refractivity contribution in [3.05, 3.63) is 35.9 Å². The number of likely N-dealkylation sites (tertiary alicyclic amines) is 1. The van der Waals surface area contributed by atoms with E-state index in [9.17, 15) is 24.3 Å². The van der Waals surface area contributed by atoms with Gasteiger partial charge in [0.15, 0.2) is 5.96 Å². The van der Waals surface area contributed by atoms with Crippen LogP contribution in [0, 0.1) is 5.92 Å². The number of nitrogens with two attached hydrogens (primary N) is 2. The molecule has 1 heterocycles. The first-order chi connectivity index (χ1) is 17.1. The van der Waals surface area contributed by atoms with Crippen molar-refractivity contribution in [3.63, 3.8) is 0 Å². The maximum Gasteiger partial charge on any atom is 0.408 e. The van der Waals surface area contributed by atoms with Gasteiger partial charge in [-0.3, -0.25) is 14.6 Å². The van der Waals surface area contributed by atoms with Crippen molar-refractivity contribution in [2.45, 2.75) is 64.3 Å². The summed E-state index contributed by atoms with van der Waals surface area (Å²) in [7, 11) is 0. The lowest BCUT2D eigenvalue weighted by Crippen LogP contribution is -2.56. The van der Waals surface area contributed by atoms with Crippen LogP contribution in [0.2, 0.25) is 0 Å². The first-order valence-corrected chi connectivity index (χ1v) is 12.0. The fourth-order valence-corrected chi connectivity index (χ4v) is 3.92. The molecule has 0 aromatic heterocycles. The third-order valence-corrected chi connectivity index (χ3v) is 5.82. The number of hydrogen-bond acceptors (Lipinski definition) is 6. The molecule has 0 aliphatic carbocycles. The number of nitrogens with one attached hydrogen (secondary N) is 2. The van der Waals surface area contributed by atoms with E-state index < -0.39 is 42.0 Å². The molecule has 1 aliphatic heterocycles. The molecule has 36 heavy (non-hydrogen) atoms. The van der Waals surface area contributed by atoms with Crippen molar-refractivity contribution < 1.29 is 29.0 Å². The molecule has 1 aliphatic rings. The molecule has 198 valence electrons. The van der Waals surface area contributed by atoms with Crippen LogP contribution in [0.4, 0.5) is 4.79 Å². The number of guanidine groups is 1. The lowest BCUT2D eigenvalue weighted by Gasteiger charge is -2.30. The van der Waals surface area contributed by atoms with Crippen molar-refractivity contribution >= 4 is 29.8 Å². The number of carboxylic acid groups (broad SMARTS) is 1. The molecule has 2 rings (SSSR count). The van der Waals surface area contributed by atoms with E-state index in [1.807, 2.05) is 30.3 Å². The third kappa shape index (κ3) is 8.75. The van der Waals surface area contributed by atoms with E-state index in [2.05, 4.69) is 15.6 Å². The van der Waals surface area contributed by atoms with E-state index in [1.54, 1.807) is 13.8 Å². The molecule has 1 aromatic carbocycles. The van der Waals surface area contributed by atoms with Gasteiger partial charge in [0.1, 0.15) is 24.7 Å². The highest BCUT2D eigenvalue weighted by molar-refractivity contribution is 5.93. The molecule has 0 unspecified atom stereocenters. The minimum absolute atomic E-state index is 0.0557. The van der Waals surface area contributed by atoms with E-state index in [0.29, 0.717) is 25.8 Å². The summed E-state index contributed by atoms with van der Waals surface area (Å²) in [6.45, 7) is 4.17. The normalized spacial score (nSPS) is 16.6. The average molecular weight is 505 g/mol. The lowest BCUT2D eigenvalue weighted by molar-refractivity contribution is -0.144. The van der Waals surface area contributed by atoms with Crippen LogP contribution in [-0.2, 0) is 25.7 Å². The Bertz CT molecular complexity index is 934. The Labute approximate surface area is 210 Å². The summed E-state index contributed by atoms with van der Waals surface area (Å²) in [5.74, 6) is -2.52. The zero-order valence-corrected chi connectivity index (χ0v) is 20.7. The Kier molecular flexibility index (Phi) is 11.0. The monoisotopic (exact) mass is 504 g/mol. The number of aliphatic carboxylic acids is 1. The largest absolute Gasteiger partial charge is 0.480 e. The molecule has 1 fully saturated rings. The topological polar surface area (TPSA) is 189 Å². The number of rotatable bonds is 12. The van der Waals surface area contributed by atoms with E-state index in [-0.39, 0.29) is 31.4 Å². The van der Waals surface area contributed by atoms with Gasteiger partial charge in [-0.25, -0.2) is 9.59 Å². The van der Waals surface area contributed by atoms with Gasteiger partial charge in [0, 0.05) is 13.1 Å². The number of aliphatic imine (C=N–C) groups is 1. The van der Waals surface area contributed by atoms with Gasteiger partial charge in [0.2, 0.25) is 11.8 Å². The summed E-state index contributed by atoms with van der Waals surface area (Å²) in [4.78, 5) is 55.5. The molecular weight excluding hydrogens is 468 g/mol. The molecule has 1 saturated heterocycles. The number of hydrogen-bond donors (Lipinski definition) is 5. The number of carbonyl (C=O) groups excluding carboxylic acids is 3. The molecule has 12 heteroatoms. The maximum absolute atomic E-state index is 13.3. The van der Waals surface area contributed by atoms with E-state index in [0.717, 1.165) is 5.56 Å². The molecule has 7 N–H and O–H groups in total. The highest BCUT2D eigenvalue weighted by Crippen LogP contribution is 2.21. The summed E-state index contributed by atoms with van der Waals surface area (Å²) in [5.41, 5.74) is 11.3. The van der Waals surface area contributed by atoms with Crippen LogP contribution in [0.3, 0.4) is 0 Å². The van der Waals surface area contributed by atoms with Crippen molar-refractivity contribution in [2.75, 3.05) is 13.1 Å². The number of ether oxygens (including phenoxy) is 1. The molecule has 0 saturated carbocycles. The molecule has 0 radical (unpaired) electrons. The summed E-state index contributed by atoms with van der Waals surface area (Å²) in [6, 6.07) is 6.26. The van der Waals surface area contributed by atoms with Gasteiger partial charge < -0.3 is 36.8 Å². The zero-order valence-electron chi connectivity index (χ0n) is 20.7. The Hall–Kier alpha value is -3.83. The molecule has 3 atom stereocenters. The van der Waals surface area contributed by atoms with E-state index in [1.165, 1.54) is 4.90 Å². The van der Waals surface area contributed by atoms with Crippen LogP contribution in [0.1, 0.15) is 45.1 Å². The van der Waals surface area contributed by atoms with Crippen LogP contribution in [0.25, 0.3) is 0 Å². The van der Waals surface area contributed by atoms with Crippen LogP contribution in [0.5, 0.6) is 0 Å². The van der Waals surface area contributed by atoms with Gasteiger partial charge in [0.25, 0.3) is 0 Å². The highest BCUT2D eigenvalue weighted by atomic mass is 16.5. The second-order valence-electron chi connectivity index (χ2n) is 8.97. The first-order valence-electron chi connectivity index (χ1n) is 12.0. The van der Waals surface area contributed by atoms with Crippen LogP contribution in [0.15, 0.2) is 35.3 Å². The Morgan fingerprint density at radius 1 is 1.17 bits per heavy atom. The Morgan fingerprint density at radius 2 is 1.86 bits per heavy atom. The quantitative estimate of drug-likeness (QED) is 0.155. The Morgan fingerprint density at radius 3 is 2.47 bits per heavy atom. The summed E-state index contributed by atoms with van der Waals surface area (Å²) in [6.07, 6.45) is 0.712. The summed E-state index contributed by atoms with van der Waals surface area (Å²) >= 11 is 0. The van der Waals surface area contributed by atoms with Crippen LogP contribution in [-0.4, -0.2) is 71.1 Å². The van der Waals surface area contributed by atoms with Crippen molar-refractivity contribution in [1.29, 1.82) is 0 Å². The maximum atomic E-state index is 13.3. The zero-order chi connectivity index (χ0) is 26.7. The fraction of sp³-hybridized carbons (Fsp3) is 0.542. The molecule has 1 aromatic rings. The van der Waals surface area contributed by atoms with Gasteiger partial charge in [-0.15, -0.1) is 0 Å². The molecule has 12 nitrogen and oxygen atoms in total. The minimum Gasteiger partial charge on any atom is -0.480 e. The molecule has 0 spiro atoms.